The van der Waals surface area contributed by atoms with E-state index in [1.165, 1.54) is 13.1 Å². The summed E-state index contributed by atoms with van der Waals surface area (Å²) in [5.41, 5.74) is 1.07. The highest BCUT2D eigenvalue weighted by Gasteiger charge is 2.15. The van der Waals surface area contributed by atoms with Gasteiger partial charge in [-0.2, -0.15) is 0 Å². The fraction of sp³-hybridized carbons (Fsp3) is 0.500. The molecule has 0 saturated carbocycles. The SMILES string of the molecule is CCCCCNC(=O)Nc1ccc(C)c(S(=O)(=O)NC)c1. The van der Waals surface area contributed by atoms with Crippen LogP contribution in [0.3, 0.4) is 0 Å². The molecule has 0 saturated heterocycles. The van der Waals surface area contributed by atoms with Crippen molar-refractivity contribution in [1.82, 2.24) is 10.0 Å². The molecule has 6 nitrogen and oxygen atoms in total. The van der Waals surface area contributed by atoms with Crippen molar-refractivity contribution < 1.29 is 13.2 Å². The van der Waals surface area contributed by atoms with Gasteiger partial charge in [0.15, 0.2) is 0 Å². The first-order chi connectivity index (χ1) is 9.90. The van der Waals surface area contributed by atoms with Gasteiger partial charge in [0.05, 0.1) is 4.90 Å². The summed E-state index contributed by atoms with van der Waals surface area (Å²) in [5, 5.41) is 5.38. The number of anilines is 1. The van der Waals surface area contributed by atoms with E-state index in [-0.39, 0.29) is 10.9 Å². The van der Waals surface area contributed by atoms with Gasteiger partial charge in [0.2, 0.25) is 10.0 Å². The maximum atomic E-state index is 11.9. The first kappa shape index (κ1) is 17.5. The van der Waals surface area contributed by atoms with Gasteiger partial charge >= 0.3 is 6.03 Å². The molecule has 118 valence electrons. The summed E-state index contributed by atoms with van der Waals surface area (Å²) in [4.78, 5) is 11.9. The molecule has 0 heterocycles. The number of carbonyl (C=O) groups is 1. The molecule has 1 rings (SSSR count). The van der Waals surface area contributed by atoms with Gasteiger partial charge in [-0.05, 0) is 38.1 Å². The van der Waals surface area contributed by atoms with E-state index in [4.69, 9.17) is 0 Å². The molecule has 7 heteroatoms. The molecule has 0 aliphatic heterocycles. The van der Waals surface area contributed by atoms with Crippen LogP contribution in [0.15, 0.2) is 23.1 Å². The highest BCUT2D eigenvalue weighted by Crippen LogP contribution is 2.19. The normalized spacial score (nSPS) is 11.2. The fourth-order valence-electron chi connectivity index (χ4n) is 1.83. The lowest BCUT2D eigenvalue weighted by Crippen LogP contribution is -2.29. The van der Waals surface area contributed by atoms with E-state index in [2.05, 4.69) is 22.3 Å². The number of rotatable bonds is 7. The van der Waals surface area contributed by atoms with Gasteiger partial charge in [-0.15, -0.1) is 0 Å². The van der Waals surface area contributed by atoms with Crippen molar-refractivity contribution in [3.05, 3.63) is 23.8 Å². The first-order valence-corrected chi connectivity index (χ1v) is 8.48. The smallest absolute Gasteiger partial charge is 0.319 e. The molecular weight excluding hydrogens is 290 g/mol. The van der Waals surface area contributed by atoms with Crippen LogP contribution in [0, 0.1) is 6.92 Å². The average molecular weight is 313 g/mol. The second-order valence-corrected chi connectivity index (χ2v) is 6.63. The Kier molecular flexibility index (Phi) is 6.64. The van der Waals surface area contributed by atoms with Crippen LogP contribution in [0.25, 0.3) is 0 Å². The number of carbonyl (C=O) groups excluding carboxylic acids is 1. The molecule has 21 heavy (non-hydrogen) atoms. The molecular formula is C14H23N3O3S. The maximum absolute atomic E-state index is 11.9. The monoisotopic (exact) mass is 313 g/mol. The van der Waals surface area contributed by atoms with Crippen LogP contribution in [-0.2, 0) is 10.0 Å². The van der Waals surface area contributed by atoms with Gasteiger partial charge in [-0.1, -0.05) is 25.8 Å². The molecule has 0 aliphatic carbocycles. The van der Waals surface area contributed by atoms with Gasteiger partial charge in [-0.3, -0.25) is 0 Å². The Morgan fingerprint density at radius 2 is 1.95 bits per heavy atom. The zero-order valence-corrected chi connectivity index (χ0v) is 13.5. The molecule has 1 aromatic carbocycles. The third kappa shape index (κ3) is 5.35. The number of urea groups is 1. The Balaban J connectivity index is 2.73. The highest BCUT2D eigenvalue weighted by atomic mass is 32.2. The third-order valence-corrected chi connectivity index (χ3v) is 4.63. The minimum atomic E-state index is -3.53. The second-order valence-electron chi connectivity index (χ2n) is 4.78. The Morgan fingerprint density at radius 1 is 1.24 bits per heavy atom. The molecule has 0 fully saturated rings. The van der Waals surface area contributed by atoms with E-state index >= 15 is 0 Å². The molecule has 0 aliphatic rings. The second kappa shape index (κ2) is 7.99. The van der Waals surface area contributed by atoms with Crippen LogP contribution in [-0.4, -0.2) is 28.0 Å². The molecule has 0 aromatic heterocycles. The minimum Gasteiger partial charge on any atom is -0.338 e. The molecule has 2 amide bonds. The summed E-state index contributed by atoms with van der Waals surface area (Å²) in [6, 6.07) is 4.46. The van der Waals surface area contributed by atoms with Gasteiger partial charge < -0.3 is 10.6 Å². The Morgan fingerprint density at radius 3 is 2.57 bits per heavy atom. The molecule has 0 bridgehead atoms. The lowest BCUT2D eigenvalue weighted by molar-refractivity contribution is 0.252. The Hall–Kier alpha value is -1.60. The van der Waals surface area contributed by atoms with E-state index in [1.54, 1.807) is 19.1 Å². The molecule has 0 unspecified atom stereocenters. The van der Waals surface area contributed by atoms with Crippen molar-refractivity contribution in [3.8, 4) is 0 Å². The zero-order chi connectivity index (χ0) is 15.9. The van der Waals surface area contributed by atoms with Crippen molar-refractivity contribution in [2.45, 2.75) is 38.0 Å². The standard InChI is InChI=1S/C14H23N3O3S/c1-4-5-6-9-16-14(18)17-12-8-7-11(2)13(10-12)21(19,20)15-3/h7-8,10,15H,4-6,9H2,1-3H3,(H2,16,17,18). The van der Waals surface area contributed by atoms with Crippen LogP contribution < -0.4 is 15.4 Å². The van der Waals surface area contributed by atoms with E-state index in [0.29, 0.717) is 17.8 Å². The number of aryl methyl sites for hydroxylation is 1. The summed E-state index contributed by atoms with van der Waals surface area (Å²) in [5.74, 6) is 0. The van der Waals surface area contributed by atoms with Crippen LogP contribution in [0.2, 0.25) is 0 Å². The van der Waals surface area contributed by atoms with Crippen molar-refractivity contribution >= 4 is 21.7 Å². The zero-order valence-electron chi connectivity index (χ0n) is 12.7. The summed E-state index contributed by atoms with van der Waals surface area (Å²) in [6.07, 6.45) is 3.08. The Bertz CT molecular complexity index is 585. The fourth-order valence-corrected chi connectivity index (χ4v) is 2.82. The number of benzene rings is 1. The summed E-state index contributed by atoms with van der Waals surface area (Å²) >= 11 is 0. The topological polar surface area (TPSA) is 87.3 Å². The Labute approximate surface area is 126 Å². The van der Waals surface area contributed by atoms with Crippen molar-refractivity contribution in [3.63, 3.8) is 0 Å². The van der Waals surface area contributed by atoms with Crippen molar-refractivity contribution in [1.29, 1.82) is 0 Å². The van der Waals surface area contributed by atoms with Crippen LogP contribution in [0.4, 0.5) is 10.5 Å². The summed E-state index contributed by atoms with van der Waals surface area (Å²) < 4.78 is 26.0. The van der Waals surface area contributed by atoms with Crippen LogP contribution in [0.5, 0.6) is 0 Å². The van der Waals surface area contributed by atoms with Crippen molar-refractivity contribution in [2.75, 3.05) is 18.9 Å². The first-order valence-electron chi connectivity index (χ1n) is 6.99. The van der Waals surface area contributed by atoms with Crippen LogP contribution >= 0.6 is 0 Å². The van der Waals surface area contributed by atoms with E-state index in [0.717, 1.165) is 19.3 Å². The molecule has 0 spiro atoms. The van der Waals surface area contributed by atoms with E-state index in [1.807, 2.05) is 0 Å². The van der Waals surface area contributed by atoms with Crippen LogP contribution in [0.1, 0.15) is 31.7 Å². The van der Waals surface area contributed by atoms with Crippen molar-refractivity contribution in [2.24, 2.45) is 0 Å². The lowest BCUT2D eigenvalue weighted by Gasteiger charge is -2.11. The molecule has 3 N–H and O–H groups in total. The summed E-state index contributed by atoms with van der Waals surface area (Å²) in [7, 11) is -2.18. The third-order valence-electron chi connectivity index (χ3n) is 3.07. The number of sulfonamides is 1. The largest absolute Gasteiger partial charge is 0.338 e. The quantitative estimate of drug-likeness (QED) is 0.674. The average Bonchev–Trinajstić information content (AvgIpc) is 2.45. The molecule has 0 radical (unpaired) electrons. The van der Waals surface area contributed by atoms with Gasteiger partial charge in [0.1, 0.15) is 0 Å². The number of unbranched alkanes of at least 4 members (excludes halogenated alkanes) is 2. The number of hydrogen-bond acceptors (Lipinski definition) is 3. The number of nitrogens with one attached hydrogen (secondary N) is 3. The number of amides is 2. The van der Waals surface area contributed by atoms with E-state index in [9.17, 15) is 13.2 Å². The van der Waals surface area contributed by atoms with Gasteiger partial charge in [-0.25, -0.2) is 17.9 Å². The number of hydrogen-bond donors (Lipinski definition) is 3. The van der Waals surface area contributed by atoms with Gasteiger partial charge in [0, 0.05) is 12.2 Å². The predicted octanol–water partition coefficient (Wildman–Crippen LogP) is 2.21. The predicted molar refractivity (Wildman–Crippen MR) is 84.0 cm³/mol. The minimum absolute atomic E-state index is 0.161. The lowest BCUT2D eigenvalue weighted by atomic mass is 10.2. The van der Waals surface area contributed by atoms with Gasteiger partial charge in [0.25, 0.3) is 0 Å². The molecule has 0 atom stereocenters. The maximum Gasteiger partial charge on any atom is 0.319 e. The van der Waals surface area contributed by atoms with E-state index < -0.39 is 10.0 Å². The molecule has 1 aromatic rings. The highest BCUT2D eigenvalue weighted by molar-refractivity contribution is 7.89. The summed E-state index contributed by atoms with van der Waals surface area (Å²) in [6.45, 7) is 4.40.